The molecule has 16 heavy (non-hydrogen) atoms. The molecule has 1 aliphatic rings. The van der Waals surface area contributed by atoms with E-state index in [1.54, 1.807) is 6.20 Å². The Morgan fingerprint density at radius 1 is 1.50 bits per heavy atom. The van der Waals surface area contributed by atoms with Gasteiger partial charge in [0.2, 0.25) is 5.91 Å². The summed E-state index contributed by atoms with van der Waals surface area (Å²) in [5.41, 5.74) is 0. The van der Waals surface area contributed by atoms with E-state index in [9.17, 15) is 4.79 Å². The molecule has 88 valence electrons. The third kappa shape index (κ3) is 2.43. The molecule has 0 aliphatic carbocycles. The minimum atomic E-state index is 0.216. The van der Waals surface area contributed by atoms with E-state index in [4.69, 9.17) is 0 Å². The molecule has 0 unspecified atom stereocenters. The van der Waals surface area contributed by atoms with Gasteiger partial charge in [0.15, 0.2) is 0 Å². The maximum atomic E-state index is 12.0. The van der Waals surface area contributed by atoms with Gasteiger partial charge in [0.25, 0.3) is 0 Å². The molecule has 0 spiro atoms. The van der Waals surface area contributed by atoms with Gasteiger partial charge < -0.3 is 9.47 Å². The van der Waals surface area contributed by atoms with Crippen LogP contribution in [0.4, 0.5) is 0 Å². The van der Waals surface area contributed by atoms with E-state index in [1.807, 2.05) is 22.6 Å². The van der Waals surface area contributed by atoms with Crippen molar-refractivity contribution in [3.63, 3.8) is 0 Å². The number of carbonyl (C=O) groups excluding carboxylic acids is 1. The van der Waals surface area contributed by atoms with Gasteiger partial charge in [-0.2, -0.15) is 0 Å². The lowest BCUT2D eigenvalue weighted by Crippen LogP contribution is -2.39. The molecule has 2 rings (SSSR count). The number of hydrogen-bond donors (Lipinski definition) is 0. The second kappa shape index (κ2) is 4.68. The van der Waals surface area contributed by atoms with Crippen LogP contribution in [0, 0.1) is 12.8 Å². The van der Waals surface area contributed by atoms with Gasteiger partial charge >= 0.3 is 0 Å². The summed E-state index contributed by atoms with van der Waals surface area (Å²) < 4.78 is 1.90. The average molecular weight is 221 g/mol. The van der Waals surface area contributed by atoms with Crippen molar-refractivity contribution < 1.29 is 4.79 Å². The van der Waals surface area contributed by atoms with Crippen molar-refractivity contribution in [1.29, 1.82) is 0 Å². The van der Waals surface area contributed by atoms with Crippen LogP contribution in [-0.2, 0) is 11.3 Å². The quantitative estimate of drug-likeness (QED) is 0.758. The van der Waals surface area contributed by atoms with Gasteiger partial charge in [0.05, 0.1) is 0 Å². The Morgan fingerprint density at radius 2 is 2.19 bits per heavy atom. The molecule has 0 atom stereocenters. The molecule has 0 saturated carbocycles. The summed E-state index contributed by atoms with van der Waals surface area (Å²) in [6.45, 7) is 6.43. The lowest BCUT2D eigenvalue weighted by molar-refractivity contribution is -0.133. The van der Waals surface area contributed by atoms with Crippen LogP contribution in [0.3, 0.4) is 0 Å². The van der Waals surface area contributed by atoms with Crippen LogP contribution in [0.15, 0.2) is 12.4 Å². The fourth-order valence-electron chi connectivity index (χ4n) is 2.07. The van der Waals surface area contributed by atoms with Crippen molar-refractivity contribution in [2.45, 2.75) is 33.2 Å². The average Bonchev–Trinajstić information content (AvgIpc) is 2.65. The number of imidazole rings is 1. The van der Waals surface area contributed by atoms with E-state index in [0.29, 0.717) is 6.54 Å². The van der Waals surface area contributed by atoms with Gasteiger partial charge in [-0.3, -0.25) is 4.79 Å². The summed E-state index contributed by atoms with van der Waals surface area (Å²) in [6, 6.07) is 0. The second-order valence-corrected chi connectivity index (χ2v) is 4.67. The van der Waals surface area contributed by atoms with E-state index < -0.39 is 0 Å². The van der Waals surface area contributed by atoms with E-state index in [0.717, 1.165) is 37.7 Å². The van der Waals surface area contributed by atoms with Crippen LogP contribution in [0.2, 0.25) is 0 Å². The fraction of sp³-hybridized carbons (Fsp3) is 0.667. The molecule has 0 N–H and O–H groups in total. The lowest BCUT2D eigenvalue weighted by Gasteiger charge is -2.30. The highest BCUT2D eigenvalue weighted by Crippen LogP contribution is 2.16. The Hall–Kier alpha value is -1.32. The molecule has 1 saturated heterocycles. The zero-order valence-electron chi connectivity index (χ0n) is 10.0. The van der Waals surface area contributed by atoms with Crippen LogP contribution in [0.1, 0.15) is 25.6 Å². The van der Waals surface area contributed by atoms with E-state index in [2.05, 4.69) is 11.9 Å². The monoisotopic (exact) mass is 221 g/mol. The highest BCUT2D eigenvalue weighted by Gasteiger charge is 2.20. The Kier molecular flexibility index (Phi) is 3.27. The summed E-state index contributed by atoms with van der Waals surface area (Å²) in [4.78, 5) is 18.1. The Morgan fingerprint density at radius 3 is 2.75 bits per heavy atom. The van der Waals surface area contributed by atoms with Crippen molar-refractivity contribution in [2.75, 3.05) is 13.1 Å². The molecule has 1 aromatic heterocycles. The molecular weight excluding hydrogens is 202 g/mol. The van der Waals surface area contributed by atoms with Gasteiger partial charge in [-0.15, -0.1) is 0 Å². The van der Waals surface area contributed by atoms with Gasteiger partial charge in [0.1, 0.15) is 12.4 Å². The van der Waals surface area contributed by atoms with Gasteiger partial charge in [-0.05, 0) is 25.7 Å². The molecule has 4 heteroatoms. The summed E-state index contributed by atoms with van der Waals surface area (Å²) in [5.74, 6) is 1.88. The minimum absolute atomic E-state index is 0.216. The Balaban J connectivity index is 1.91. The van der Waals surface area contributed by atoms with Crippen molar-refractivity contribution >= 4 is 5.91 Å². The Labute approximate surface area is 96.3 Å². The zero-order valence-corrected chi connectivity index (χ0v) is 10.0. The first kappa shape index (κ1) is 11.2. The molecule has 2 heterocycles. The third-order valence-electron chi connectivity index (χ3n) is 3.37. The smallest absolute Gasteiger partial charge is 0.242 e. The van der Waals surface area contributed by atoms with E-state index in [-0.39, 0.29) is 5.91 Å². The summed E-state index contributed by atoms with van der Waals surface area (Å²) in [5, 5.41) is 0. The number of nitrogens with zero attached hydrogens (tertiary/aromatic N) is 3. The van der Waals surface area contributed by atoms with Crippen molar-refractivity contribution in [3.8, 4) is 0 Å². The number of aromatic nitrogens is 2. The van der Waals surface area contributed by atoms with Gasteiger partial charge in [-0.1, -0.05) is 6.92 Å². The highest BCUT2D eigenvalue weighted by atomic mass is 16.2. The molecule has 1 aromatic rings. The van der Waals surface area contributed by atoms with Crippen LogP contribution in [0.25, 0.3) is 0 Å². The number of amides is 1. The molecule has 0 aromatic carbocycles. The minimum Gasteiger partial charge on any atom is -0.341 e. The first-order valence-electron chi connectivity index (χ1n) is 5.92. The SMILES string of the molecule is Cc1nccn1CC(=O)N1CCC(C)CC1. The molecular formula is C12H19N3O. The summed E-state index contributed by atoms with van der Waals surface area (Å²) in [6.07, 6.45) is 5.87. The largest absolute Gasteiger partial charge is 0.341 e. The maximum absolute atomic E-state index is 12.0. The topological polar surface area (TPSA) is 38.1 Å². The second-order valence-electron chi connectivity index (χ2n) is 4.67. The number of aryl methyl sites for hydroxylation is 1. The molecule has 1 aliphatic heterocycles. The first-order chi connectivity index (χ1) is 7.66. The molecule has 0 bridgehead atoms. The van der Waals surface area contributed by atoms with Crippen LogP contribution >= 0.6 is 0 Å². The number of piperidine rings is 1. The number of carbonyl (C=O) groups is 1. The maximum Gasteiger partial charge on any atom is 0.242 e. The Bertz CT molecular complexity index is 364. The highest BCUT2D eigenvalue weighted by molar-refractivity contribution is 5.76. The fourth-order valence-corrected chi connectivity index (χ4v) is 2.07. The summed E-state index contributed by atoms with van der Waals surface area (Å²) >= 11 is 0. The normalized spacial score (nSPS) is 17.8. The predicted molar refractivity (Wildman–Crippen MR) is 61.9 cm³/mol. The van der Waals surface area contributed by atoms with Crippen LogP contribution in [0.5, 0.6) is 0 Å². The molecule has 4 nitrogen and oxygen atoms in total. The van der Waals surface area contributed by atoms with Crippen LogP contribution < -0.4 is 0 Å². The zero-order chi connectivity index (χ0) is 11.5. The third-order valence-corrected chi connectivity index (χ3v) is 3.37. The number of rotatable bonds is 2. The van der Waals surface area contributed by atoms with E-state index in [1.165, 1.54) is 0 Å². The first-order valence-corrected chi connectivity index (χ1v) is 5.92. The van der Waals surface area contributed by atoms with Crippen molar-refractivity contribution in [1.82, 2.24) is 14.5 Å². The van der Waals surface area contributed by atoms with E-state index >= 15 is 0 Å². The van der Waals surface area contributed by atoms with Gasteiger partial charge in [-0.25, -0.2) is 4.98 Å². The number of likely N-dealkylation sites (tertiary alicyclic amines) is 1. The van der Waals surface area contributed by atoms with Crippen molar-refractivity contribution in [3.05, 3.63) is 18.2 Å². The standard InChI is InChI=1S/C12H19N3O/c1-10-3-6-14(7-4-10)12(16)9-15-8-5-13-11(15)2/h5,8,10H,3-4,6-7,9H2,1-2H3. The molecule has 1 amide bonds. The van der Waals surface area contributed by atoms with Crippen LogP contribution in [-0.4, -0.2) is 33.4 Å². The lowest BCUT2D eigenvalue weighted by atomic mass is 9.99. The number of hydrogen-bond acceptors (Lipinski definition) is 2. The summed E-state index contributed by atoms with van der Waals surface area (Å²) in [7, 11) is 0. The predicted octanol–water partition coefficient (Wildman–Crippen LogP) is 1.45. The molecule has 0 radical (unpaired) electrons. The van der Waals surface area contributed by atoms with Gasteiger partial charge in [0, 0.05) is 25.5 Å². The molecule has 1 fully saturated rings. The van der Waals surface area contributed by atoms with Crippen molar-refractivity contribution in [2.24, 2.45) is 5.92 Å².